The van der Waals surface area contributed by atoms with Crippen LogP contribution in [0.5, 0.6) is 11.5 Å². The van der Waals surface area contributed by atoms with E-state index >= 15 is 0 Å². The number of amides is 1. The maximum atomic E-state index is 12.7. The summed E-state index contributed by atoms with van der Waals surface area (Å²) in [5.41, 5.74) is 4.13. The number of carbonyl (C=O) groups excluding carboxylic acids is 1. The molecule has 0 spiro atoms. The first kappa shape index (κ1) is 21.4. The number of nitrogens with zero attached hydrogens (tertiary/aromatic N) is 2. The van der Waals surface area contributed by atoms with Gasteiger partial charge in [0.15, 0.2) is 16.6 Å². The third kappa shape index (κ3) is 4.55. The van der Waals surface area contributed by atoms with Crippen LogP contribution in [0.2, 0.25) is 0 Å². The molecule has 1 aliphatic rings. The fourth-order valence-electron chi connectivity index (χ4n) is 4.24. The zero-order valence-corrected chi connectivity index (χ0v) is 19.4. The Hall–Kier alpha value is -3.42. The predicted molar refractivity (Wildman–Crippen MR) is 131 cm³/mol. The van der Waals surface area contributed by atoms with E-state index in [2.05, 4.69) is 27.3 Å². The lowest BCUT2D eigenvalue weighted by Crippen LogP contribution is -2.30. The largest absolute Gasteiger partial charge is 0.493 e. The number of nitrogens with one attached hydrogen (secondary N) is 1. The molecule has 33 heavy (non-hydrogen) atoms. The Kier molecular flexibility index (Phi) is 5.98. The van der Waals surface area contributed by atoms with Gasteiger partial charge in [0.1, 0.15) is 0 Å². The number of carbonyl (C=O) groups is 1. The summed E-state index contributed by atoms with van der Waals surface area (Å²) in [6.45, 7) is 2.50. The van der Waals surface area contributed by atoms with E-state index in [0.29, 0.717) is 10.7 Å². The van der Waals surface area contributed by atoms with Crippen LogP contribution in [0, 0.1) is 0 Å². The molecule has 7 heteroatoms. The molecular formula is C26H25N3O3S. The van der Waals surface area contributed by atoms with E-state index in [9.17, 15) is 4.79 Å². The number of methoxy groups -OCH3 is 2. The number of hydrogen-bond donors (Lipinski definition) is 1. The highest BCUT2D eigenvalue weighted by Crippen LogP contribution is 2.33. The van der Waals surface area contributed by atoms with Crippen LogP contribution in [0.1, 0.15) is 27.2 Å². The zero-order chi connectivity index (χ0) is 22.8. The van der Waals surface area contributed by atoms with Gasteiger partial charge >= 0.3 is 0 Å². The Morgan fingerprint density at radius 2 is 1.79 bits per heavy atom. The summed E-state index contributed by atoms with van der Waals surface area (Å²) in [7, 11) is 3.33. The Bertz CT molecular complexity index is 1320. The van der Waals surface area contributed by atoms with Crippen LogP contribution in [0.25, 0.3) is 10.8 Å². The van der Waals surface area contributed by atoms with Crippen LogP contribution in [0.15, 0.2) is 60.0 Å². The summed E-state index contributed by atoms with van der Waals surface area (Å²) in [5, 5.41) is 7.74. The van der Waals surface area contributed by atoms with Gasteiger partial charge in [-0.15, -0.1) is 11.3 Å². The molecule has 0 aliphatic carbocycles. The van der Waals surface area contributed by atoms with E-state index in [1.54, 1.807) is 14.2 Å². The van der Waals surface area contributed by atoms with Gasteiger partial charge in [0, 0.05) is 30.6 Å². The molecule has 2 heterocycles. The molecule has 0 unspecified atom stereocenters. The van der Waals surface area contributed by atoms with Crippen LogP contribution >= 0.6 is 11.3 Å². The third-order valence-corrected chi connectivity index (χ3v) is 6.77. The third-order valence-electron chi connectivity index (χ3n) is 5.97. The summed E-state index contributed by atoms with van der Waals surface area (Å²) in [6.07, 6.45) is 0.950. The maximum absolute atomic E-state index is 12.7. The van der Waals surface area contributed by atoms with Gasteiger partial charge in [-0.1, -0.05) is 30.3 Å². The summed E-state index contributed by atoms with van der Waals surface area (Å²) >= 11 is 1.46. The fraction of sp³-hybridized carbons (Fsp3) is 0.231. The minimum atomic E-state index is -0.144. The number of benzene rings is 3. The molecule has 168 valence electrons. The fourth-order valence-corrected chi connectivity index (χ4v) is 4.94. The molecule has 1 aliphatic heterocycles. The number of rotatable bonds is 6. The van der Waals surface area contributed by atoms with Gasteiger partial charge in [-0.3, -0.25) is 15.0 Å². The Labute approximate surface area is 196 Å². The number of aromatic nitrogens is 1. The first-order chi connectivity index (χ1) is 16.1. The van der Waals surface area contributed by atoms with Crippen molar-refractivity contribution in [3.05, 3.63) is 82.4 Å². The lowest BCUT2D eigenvalue weighted by Gasteiger charge is -2.29. The van der Waals surface area contributed by atoms with Crippen molar-refractivity contribution in [3.8, 4) is 11.5 Å². The molecular weight excluding hydrogens is 434 g/mol. The molecule has 0 radical (unpaired) electrons. The molecule has 1 N–H and O–H groups in total. The molecule has 1 amide bonds. The van der Waals surface area contributed by atoms with Crippen molar-refractivity contribution in [1.82, 2.24) is 9.88 Å². The van der Waals surface area contributed by atoms with Gasteiger partial charge in [-0.2, -0.15) is 0 Å². The van der Waals surface area contributed by atoms with Gasteiger partial charge in [0.2, 0.25) is 0 Å². The van der Waals surface area contributed by atoms with Crippen molar-refractivity contribution >= 4 is 33.1 Å². The van der Waals surface area contributed by atoms with Gasteiger partial charge in [-0.05, 0) is 52.6 Å². The van der Waals surface area contributed by atoms with E-state index in [0.717, 1.165) is 54.0 Å². The van der Waals surface area contributed by atoms with Crippen molar-refractivity contribution in [2.24, 2.45) is 0 Å². The van der Waals surface area contributed by atoms with E-state index in [4.69, 9.17) is 9.47 Å². The van der Waals surface area contributed by atoms with Crippen LogP contribution < -0.4 is 14.8 Å². The predicted octanol–water partition coefficient (Wildman–Crippen LogP) is 5.12. The first-order valence-corrected chi connectivity index (χ1v) is 11.7. The first-order valence-electron chi connectivity index (χ1n) is 10.8. The average molecular weight is 460 g/mol. The van der Waals surface area contributed by atoms with Gasteiger partial charge in [-0.25, -0.2) is 4.98 Å². The second-order valence-electron chi connectivity index (χ2n) is 8.10. The quantitative estimate of drug-likeness (QED) is 0.433. The van der Waals surface area contributed by atoms with Crippen molar-refractivity contribution < 1.29 is 14.3 Å². The van der Waals surface area contributed by atoms with Crippen molar-refractivity contribution in [2.45, 2.75) is 19.5 Å². The number of anilines is 1. The van der Waals surface area contributed by atoms with E-state index in [-0.39, 0.29) is 5.91 Å². The van der Waals surface area contributed by atoms with E-state index in [1.165, 1.54) is 22.5 Å². The smallest absolute Gasteiger partial charge is 0.257 e. The average Bonchev–Trinajstić information content (AvgIpc) is 3.29. The molecule has 0 saturated carbocycles. The Morgan fingerprint density at radius 3 is 2.58 bits per heavy atom. The summed E-state index contributed by atoms with van der Waals surface area (Å²) in [4.78, 5) is 19.7. The Morgan fingerprint density at radius 1 is 1.03 bits per heavy atom. The van der Waals surface area contributed by atoms with Crippen molar-refractivity contribution in [3.63, 3.8) is 0 Å². The Balaban J connectivity index is 1.24. The van der Waals surface area contributed by atoms with E-state index in [1.807, 2.05) is 47.8 Å². The van der Waals surface area contributed by atoms with Crippen LogP contribution in [-0.2, 0) is 19.5 Å². The number of thiazole rings is 1. The maximum Gasteiger partial charge on any atom is 0.257 e. The highest BCUT2D eigenvalue weighted by Gasteiger charge is 2.20. The highest BCUT2D eigenvalue weighted by molar-refractivity contribution is 7.14. The minimum Gasteiger partial charge on any atom is -0.493 e. The van der Waals surface area contributed by atoms with Gasteiger partial charge < -0.3 is 9.47 Å². The van der Waals surface area contributed by atoms with Crippen LogP contribution in [0.3, 0.4) is 0 Å². The van der Waals surface area contributed by atoms with Crippen LogP contribution in [0.4, 0.5) is 5.13 Å². The molecule has 0 bridgehead atoms. The molecule has 0 fully saturated rings. The lowest BCUT2D eigenvalue weighted by atomic mass is 9.98. The second kappa shape index (κ2) is 9.21. The second-order valence-corrected chi connectivity index (χ2v) is 8.95. The normalized spacial score (nSPS) is 13.5. The standard InChI is InChI=1S/C26H25N3O3S/c1-31-23-12-19-9-10-29(14-21(19)13-24(23)32-2)15-22-16-33-26(27-22)28-25(30)20-8-7-17-5-3-4-6-18(17)11-20/h3-8,11-13,16H,9-10,14-15H2,1-2H3,(H,27,28,30). The van der Waals surface area contributed by atoms with E-state index < -0.39 is 0 Å². The minimum absolute atomic E-state index is 0.144. The molecule has 0 saturated heterocycles. The summed E-state index contributed by atoms with van der Waals surface area (Å²) < 4.78 is 10.9. The van der Waals surface area contributed by atoms with Crippen molar-refractivity contribution in [1.29, 1.82) is 0 Å². The summed E-state index contributed by atoms with van der Waals surface area (Å²) in [6, 6.07) is 17.9. The number of fused-ring (bicyclic) bond motifs is 2. The SMILES string of the molecule is COc1cc2c(cc1OC)CN(Cc1csc(NC(=O)c3ccc4ccccc4c3)n1)CC2. The lowest BCUT2D eigenvalue weighted by molar-refractivity contribution is 0.102. The molecule has 4 aromatic rings. The molecule has 1 aromatic heterocycles. The monoisotopic (exact) mass is 459 g/mol. The summed E-state index contributed by atoms with van der Waals surface area (Å²) in [5.74, 6) is 1.39. The highest BCUT2D eigenvalue weighted by atomic mass is 32.1. The van der Waals surface area contributed by atoms with Crippen LogP contribution in [-0.4, -0.2) is 36.6 Å². The van der Waals surface area contributed by atoms with Gasteiger partial charge in [0.25, 0.3) is 5.91 Å². The van der Waals surface area contributed by atoms with Crippen molar-refractivity contribution in [2.75, 3.05) is 26.1 Å². The molecule has 3 aromatic carbocycles. The molecule has 0 atom stereocenters. The number of ether oxygens (including phenoxy) is 2. The number of hydrogen-bond acceptors (Lipinski definition) is 6. The van der Waals surface area contributed by atoms with Gasteiger partial charge in [0.05, 0.1) is 19.9 Å². The molecule has 6 nitrogen and oxygen atoms in total. The zero-order valence-electron chi connectivity index (χ0n) is 18.6. The molecule has 5 rings (SSSR count). The topological polar surface area (TPSA) is 63.7 Å².